The van der Waals surface area contributed by atoms with Crippen molar-refractivity contribution < 1.29 is 4.42 Å². The molecule has 19 heavy (non-hydrogen) atoms. The number of halogens is 2. The summed E-state index contributed by atoms with van der Waals surface area (Å²) in [5.74, 6) is 1.51. The van der Waals surface area contributed by atoms with Gasteiger partial charge in [-0.2, -0.15) is 0 Å². The average Bonchev–Trinajstić information content (AvgIpc) is 2.77. The van der Waals surface area contributed by atoms with Crippen molar-refractivity contribution in [3.8, 4) is 0 Å². The van der Waals surface area contributed by atoms with E-state index in [0.717, 1.165) is 23.6 Å². The van der Waals surface area contributed by atoms with Crippen LogP contribution in [-0.4, -0.2) is 11.5 Å². The molecule has 0 saturated carbocycles. The normalized spacial score (nSPS) is 10.7. The van der Waals surface area contributed by atoms with Crippen LogP contribution in [0.15, 0.2) is 32.7 Å². The lowest BCUT2D eigenvalue weighted by Crippen LogP contribution is -2.03. The highest BCUT2D eigenvalue weighted by Crippen LogP contribution is 2.37. The van der Waals surface area contributed by atoms with Crippen LogP contribution in [0.3, 0.4) is 0 Å². The molecule has 0 unspecified atom stereocenters. The van der Waals surface area contributed by atoms with Gasteiger partial charge >= 0.3 is 0 Å². The third-order valence-electron chi connectivity index (χ3n) is 2.46. The highest BCUT2D eigenvalue weighted by molar-refractivity contribution is 7.99. The zero-order valence-corrected chi connectivity index (χ0v) is 13.0. The van der Waals surface area contributed by atoms with Crippen molar-refractivity contribution >= 4 is 40.8 Å². The second-order valence-corrected chi connectivity index (χ2v) is 5.82. The summed E-state index contributed by atoms with van der Waals surface area (Å²) < 4.78 is 5.26. The van der Waals surface area contributed by atoms with Gasteiger partial charge in [0.15, 0.2) is 0 Å². The van der Waals surface area contributed by atoms with Gasteiger partial charge in [0, 0.05) is 6.54 Å². The Kier molecular flexibility index (Phi) is 5.02. The summed E-state index contributed by atoms with van der Waals surface area (Å²) in [6.07, 6.45) is 2.65. The van der Waals surface area contributed by atoms with Crippen molar-refractivity contribution in [1.29, 1.82) is 0 Å². The van der Waals surface area contributed by atoms with Gasteiger partial charge in [0.05, 0.1) is 21.2 Å². The molecule has 0 saturated heterocycles. The Morgan fingerprint density at radius 3 is 2.79 bits per heavy atom. The number of nitrogens with one attached hydrogen (secondary N) is 1. The first-order valence-corrected chi connectivity index (χ1v) is 7.51. The lowest BCUT2D eigenvalue weighted by atomic mass is 10.4. The van der Waals surface area contributed by atoms with Gasteiger partial charge in [-0.25, -0.2) is 4.98 Å². The predicted molar refractivity (Wildman–Crippen MR) is 80.6 cm³/mol. The van der Waals surface area contributed by atoms with E-state index in [1.165, 1.54) is 11.8 Å². The highest BCUT2D eigenvalue weighted by atomic mass is 35.5. The molecule has 2 rings (SSSR count). The second-order valence-electron chi connectivity index (χ2n) is 3.98. The Bertz CT molecular complexity index is 572. The molecule has 0 aromatic carbocycles. The van der Waals surface area contributed by atoms with Crippen LogP contribution in [-0.2, 0) is 0 Å². The van der Waals surface area contributed by atoms with E-state index in [2.05, 4.69) is 17.2 Å². The molecule has 0 fully saturated rings. The largest absolute Gasteiger partial charge is 0.468 e. The van der Waals surface area contributed by atoms with Crippen LogP contribution in [0, 0.1) is 6.92 Å². The molecule has 2 heterocycles. The SMILES string of the molecule is CCCNc1nc(Sc2ccoc2C)c(Cl)cc1Cl. The zero-order valence-electron chi connectivity index (χ0n) is 10.7. The standard InChI is InChI=1S/C13H14Cl2N2OS/c1-3-5-16-12-9(14)7-10(15)13(17-12)19-11-4-6-18-8(11)2/h4,6-7H,3,5H2,1-2H3,(H,16,17). The lowest BCUT2D eigenvalue weighted by molar-refractivity contribution is 0.527. The van der Waals surface area contributed by atoms with Crippen molar-refractivity contribution in [2.24, 2.45) is 0 Å². The summed E-state index contributed by atoms with van der Waals surface area (Å²) in [5, 5.41) is 4.98. The number of pyridine rings is 1. The number of aryl methyl sites for hydroxylation is 1. The minimum absolute atomic E-state index is 0.534. The molecule has 2 aromatic heterocycles. The van der Waals surface area contributed by atoms with Gasteiger partial charge in [-0.05, 0) is 25.5 Å². The van der Waals surface area contributed by atoms with E-state index in [1.807, 2.05) is 13.0 Å². The average molecular weight is 317 g/mol. The van der Waals surface area contributed by atoms with Crippen molar-refractivity contribution in [2.45, 2.75) is 30.2 Å². The molecule has 0 amide bonds. The highest BCUT2D eigenvalue weighted by Gasteiger charge is 2.12. The van der Waals surface area contributed by atoms with Crippen LogP contribution in [0.4, 0.5) is 5.82 Å². The first kappa shape index (κ1) is 14.6. The Morgan fingerprint density at radius 2 is 2.16 bits per heavy atom. The number of nitrogens with zero attached hydrogens (tertiary/aromatic N) is 1. The number of furan rings is 1. The quantitative estimate of drug-likeness (QED) is 0.816. The number of aromatic nitrogens is 1. The minimum atomic E-state index is 0.534. The summed E-state index contributed by atoms with van der Waals surface area (Å²) in [6.45, 7) is 4.81. The fraction of sp³-hybridized carbons (Fsp3) is 0.308. The molecule has 0 bridgehead atoms. The van der Waals surface area contributed by atoms with Gasteiger partial charge in [-0.1, -0.05) is 41.9 Å². The summed E-state index contributed by atoms with van der Waals surface area (Å²) in [4.78, 5) is 5.47. The molecule has 0 aliphatic carbocycles. The van der Waals surface area contributed by atoms with E-state index < -0.39 is 0 Å². The maximum absolute atomic E-state index is 6.18. The van der Waals surface area contributed by atoms with Crippen LogP contribution < -0.4 is 5.32 Å². The van der Waals surface area contributed by atoms with Crippen LogP contribution in [0.25, 0.3) is 0 Å². The van der Waals surface area contributed by atoms with Crippen molar-refractivity contribution in [3.05, 3.63) is 34.2 Å². The van der Waals surface area contributed by atoms with E-state index in [4.69, 9.17) is 27.6 Å². The smallest absolute Gasteiger partial charge is 0.146 e. The molecule has 0 spiro atoms. The van der Waals surface area contributed by atoms with E-state index in [-0.39, 0.29) is 0 Å². The maximum atomic E-state index is 6.18. The Morgan fingerprint density at radius 1 is 1.37 bits per heavy atom. The summed E-state index contributed by atoms with van der Waals surface area (Å²) >= 11 is 13.8. The fourth-order valence-corrected chi connectivity index (χ4v) is 2.83. The molecule has 3 nitrogen and oxygen atoms in total. The third-order valence-corrected chi connectivity index (χ3v) is 4.29. The first-order valence-electron chi connectivity index (χ1n) is 5.93. The lowest BCUT2D eigenvalue weighted by Gasteiger charge is -2.09. The zero-order chi connectivity index (χ0) is 13.8. The summed E-state index contributed by atoms with van der Waals surface area (Å²) in [6, 6.07) is 3.61. The molecule has 0 aliphatic heterocycles. The molecular formula is C13H14Cl2N2OS. The first-order chi connectivity index (χ1) is 9.11. The summed E-state index contributed by atoms with van der Waals surface area (Å²) in [5.41, 5.74) is 0. The van der Waals surface area contributed by atoms with Gasteiger partial charge in [-0.3, -0.25) is 0 Å². The molecule has 0 radical (unpaired) electrons. The molecule has 0 atom stereocenters. The molecule has 0 aliphatic rings. The van der Waals surface area contributed by atoms with Crippen LogP contribution in [0.2, 0.25) is 10.0 Å². The van der Waals surface area contributed by atoms with Gasteiger partial charge in [-0.15, -0.1) is 0 Å². The molecule has 6 heteroatoms. The van der Waals surface area contributed by atoms with Crippen LogP contribution in [0.5, 0.6) is 0 Å². The third kappa shape index (κ3) is 3.59. The number of hydrogen-bond donors (Lipinski definition) is 1. The predicted octanol–water partition coefficient (Wildman–Crippen LogP) is 5.26. The number of rotatable bonds is 5. The van der Waals surface area contributed by atoms with Gasteiger partial charge < -0.3 is 9.73 Å². The van der Waals surface area contributed by atoms with Gasteiger partial charge in [0.1, 0.15) is 16.6 Å². The van der Waals surface area contributed by atoms with Crippen molar-refractivity contribution in [1.82, 2.24) is 4.98 Å². The molecule has 102 valence electrons. The Balaban J connectivity index is 2.27. The van der Waals surface area contributed by atoms with Gasteiger partial charge in [0.2, 0.25) is 0 Å². The van der Waals surface area contributed by atoms with Crippen molar-refractivity contribution in [2.75, 3.05) is 11.9 Å². The maximum Gasteiger partial charge on any atom is 0.146 e. The topological polar surface area (TPSA) is 38.1 Å². The fourth-order valence-electron chi connectivity index (χ4n) is 1.47. The van der Waals surface area contributed by atoms with Crippen LogP contribution in [0.1, 0.15) is 19.1 Å². The van der Waals surface area contributed by atoms with Crippen molar-refractivity contribution in [3.63, 3.8) is 0 Å². The molecule has 1 N–H and O–H groups in total. The van der Waals surface area contributed by atoms with Gasteiger partial charge in [0.25, 0.3) is 0 Å². The van der Waals surface area contributed by atoms with E-state index in [0.29, 0.717) is 20.9 Å². The number of anilines is 1. The van der Waals surface area contributed by atoms with E-state index >= 15 is 0 Å². The molecule has 2 aromatic rings. The molecular weight excluding hydrogens is 303 g/mol. The number of hydrogen-bond acceptors (Lipinski definition) is 4. The summed E-state index contributed by atoms with van der Waals surface area (Å²) in [7, 11) is 0. The monoisotopic (exact) mass is 316 g/mol. The Hall–Kier alpha value is -0.840. The Labute approximate surface area is 126 Å². The van der Waals surface area contributed by atoms with E-state index in [9.17, 15) is 0 Å². The van der Waals surface area contributed by atoms with Crippen LogP contribution >= 0.6 is 35.0 Å². The minimum Gasteiger partial charge on any atom is -0.468 e. The second kappa shape index (κ2) is 6.55. The van der Waals surface area contributed by atoms with E-state index in [1.54, 1.807) is 12.3 Å².